The average molecular weight is 313 g/mol. The van der Waals surface area contributed by atoms with E-state index in [0.29, 0.717) is 17.6 Å². The first-order valence-corrected chi connectivity index (χ1v) is 7.44. The molecule has 2 bridgehead atoms. The van der Waals surface area contributed by atoms with Gasteiger partial charge in [-0.2, -0.15) is 13.2 Å². The summed E-state index contributed by atoms with van der Waals surface area (Å²) >= 11 is 0. The van der Waals surface area contributed by atoms with E-state index in [0.717, 1.165) is 31.7 Å². The van der Waals surface area contributed by atoms with Crippen LogP contribution in [-0.4, -0.2) is 25.0 Å². The SMILES string of the molecule is COc1cc(C(=O)C2CC3CCC(C2)N3)ccc1C(F)(F)F. The Kier molecular flexibility index (Phi) is 3.89. The number of alkyl halides is 3. The van der Waals surface area contributed by atoms with Gasteiger partial charge in [0, 0.05) is 23.6 Å². The monoisotopic (exact) mass is 313 g/mol. The van der Waals surface area contributed by atoms with Crippen LogP contribution in [0, 0.1) is 5.92 Å². The van der Waals surface area contributed by atoms with Crippen molar-refractivity contribution in [3.63, 3.8) is 0 Å². The van der Waals surface area contributed by atoms with Crippen molar-refractivity contribution in [3.8, 4) is 5.75 Å². The predicted molar refractivity (Wildman–Crippen MR) is 75.0 cm³/mol. The number of hydrogen-bond acceptors (Lipinski definition) is 3. The highest BCUT2D eigenvalue weighted by atomic mass is 19.4. The van der Waals surface area contributed by atoms with Gasteiger partial charge in [-0.15, -0.1) is 0 Å². The number of rotatable bonds is 3. The minimum absolute atomic E-state index is 0.0783. The summed E-state index contributed by atoms with van der Waals surface area (Å²) in [5.74, 6) is -0.485. The van der Waals surface area contributed by atoms with E-state index in [1.165, 1.54) is 19.2 Å². The predicted octanol–water partition coefficient (Wildman–Crippen LogP) is 3.43. The van der Waals surface area contributed by atoms with Gasteiger partial charge in [0.2, 0.25) is 0 Å². The van der Waals surface area contributed by atoms with Crippen LogP contribution in [0.2, 0.25) is 0 Å². The molecule has 2 atom stereocenters. The topological polar surface area (TPSA) is 38.3 Å². The molecule has 1 aromatic carbocycles. The summed E-state index contributed by atoms with van der Waals surface area (Å²) in [6, 6.07) is 4.14. The molecule has 0 radical (unpaired) electrons. The van der Waals surface area contributed by atoms with Crippen LogP contribution in [0.4, 0.5) is 13.2 Å². The number of methoxy groups -OCH3 is 1. The third-order valence-corrected chi connectivity index (χ3v) is 4.64. The second-order valence-electron chi connectivity index (χ2n) is 6.08. The first kappa shape index (κ1) is 15.3. The minimum atomic E-state index is -4.49. The Balaban J connectivity index is 1.84. The average Bonchev–Trinajstić information content (AvgIpc) is 2.83. The Bertz CT molecular complexity index is 573. The normalized spacial score (nSPS) is 27.7. The summed E-state index contributed by atoms with van der Waals surface area (Å²) in [7, 11) is 1.18. The number of ketones is 1. The molecule has 2 aliphatic rings. The summed E-state index contributed by atoms with van der Waals surface area (Å²) in [4.78, 5) is 12.6. The molecule has 2 unspecified atom stereocenters. The highest BCUT2D eigenvalue weighted by Gasteiger charge is 2.38. The molecular weight excluding hydrogens is 295 g/mol. The number of piperidine rings is 1. The molecule has 22 heavy (non-hydrogen) atoms. The molecule has 0 aliphatic carbocycles. The number of carbonyl (C=O) groups is 1. The van der Waals surface area contributed by atoms with Gasteiger partial charge in [-0.25, -0.2) is 0 Å². The Morgan fingerprint density at radius 3 is 2.41 bits per heavy atom. The summed E-state index contributed by atoms with van der Waals surface area (Å²) < 4.78 is 43.4. The van der Waals surface area contributed by atoms with Gasteiger partial charge >= 0.3 is 6.18 Å². The fourth-order valence-electron chi connectivity index (χ4n) is 3.59. The lowest BCUT2D eigenvalue weighted by Gasteiger charge is -2.28. The maximum Gasteiger partial charge on any atom is 0.419 e. The van der Waals surface area contributed by atoms with Gasteiger partial charge in [-0.05, 0) is 37.8 Å². The standard InChI is InChI=1S/C16H18F3NO2/c1-22-14-8-9(2-5-13(14)16(17,18)19)15(21)10-6-11-3-4-12(7-10)20-11/h2,5,8,10-12,20H,3-4,6-7H2,1H3. The van der Waals surface area contributed by atoms with E-state index in [2.05, 4.69) is 5.32 Å². The van der Waals surface area contributed by atoms with E-state index in [4.69, 9.17) is 4.74 Å². The number of fused-ring (bicyclic) bond motifs is 2. The van der Waals surface area contributed by atoms with Gasteiger partial charge in [-0.1, -0.05) is 6.07 Å². The van der Waals surface area contributed by atoms with Crippen molar-refractivity contribution in [1.82, 2.24) is 5.32 Å². The van der Waals surface area contributed by atoms with E-state index in [-0.39, 0.29) is 17.5 Å². The summed E-state index contributed by atoms with van der Waals surface area (Å²) in [6.07, 6.45) is -0.812. The Hall–Kier alpha value is -1.56. The van der Waals surface area contributed by atoms with E-state index in [1.807, 2.05) is 0 Å². The first-order chi connectivity index (χ1) is 10.4. The summed E-state index contributed by atoms with van der Waals surface area (Å²) in [5.41, 5.74) is -0.548. The first-order valence-electron chi connectivity index (χ1n) is 7.44. The molecule has 2 fully saturated rings. The molecule has 2 aliphatic heterocycles. The van der Waals surface area contributed by atoms with Crippen molar-refractivity contribution in [1.29, 1.82) is 0 Å². The lowest BCUT2D eigenvalue weighted by atomic mass is 9.85. The maximum absolute atomic E-state index is 12.9. The molecule has 120 valence electrons. The lowest BCUT2D eigenvalue weighted by molar-refractivity contribution is -0.138. The smallest absolute Gasteiger partial charge is 0.419 e. The Labute approximate surface area is 126 Å². The Morgan fingerprint density at radius 1 is 1.23 bits per heavy atom. The van der Waals surface area contributed by atoms with Gasteiger partial charge in [0.1, 0.15) is 5.75 Å². The Morgan fingerprint density at radius 2 is 1.86 bits per heavy atom. The molecule has 2 heterocycles. The molecule has 3 nitrogen and oxygen atoms in total. The quantitative estimate of drug-likeness (QED) is 0.869. The van der Waals surface area contributed by atoms with Crippen molar-refractivity contribution in [2.24, 2.45) is 5.92 Å². The van der Waals surface area contributed by atoms with Gasteiger partial charge in [-0.3, -0.25) is 4.79 Å². The number of nitrogens with one attached hydrogen (secondary N) is 1. The van der Waals surface area contributed by atoms with Gasteiger partial charge in [0.25, 0.3) is 0 Å². The van der Waals surface area contributed by atoms with E-state index >= 15 is 0 Å². The zero-order valence-electron chi connectivity index (χ0n) is 12.2. The van der Waals surface area contributed by atoms with Crippen LogP contribution < -0.4 is 10.1 Å². The zero-order chi connectivity index (χ0) is 15.9. The number of halogens is 3. The van der Waals surface area contributed by atoms with Crippen LogP contribution in [-0.2, 0) is 6.18 Å². The highest BCUT2D eigenvalue weighted by Crippen LogP contribution is 2.38. The summed E-state index contributed by atoms with van der Waals surface area (Å²) in [5, 5.41) is 3.45. The maximum atomic E-state index is 12.9. The molecule has 0 amide bonds. The van der Waals surface area contributed by atoms with E-state index in [1.54, 1.807) is 0 Å². The lowest BCUT2D eigenvalue weighted by Crippen LogP contribution is -2.40. The third-order valence-electron chi connectivity index (χ3n) is 4.64. The highest BCUT2D eigenvalue weighted by molar-refractivity contribution is 5.98. The summed E-state index contributed by atoms with van der Waals surface area (Å²) in [6.45, 7) is 0. The molecule has 0 saturated carbocycles. The van der Waals surface area contributed by atoms with Crippen LogP contribution in [0.3, 0.4) is 0 Å². The molecule has 3 rings (SSSR count). The van der Waals surface area contributed by atoms with Crippen molar-refractivity contribution in [2.75, 3.05) is 7.11 Å². The number of carbonyl (C=O) groups excluding carboxylic acids is 1. The number of benzene rings is 1. The van der Waals surface area contributed by atoms with Crippen molar-refractivity contribution >= 4 is 5.78 Å². The van der Waals surface area contributed by atoms with E-state index < -0.39 is 11.7 Å². The van der Waals surface area contributed by atoms with Gasteiger partial charge < -0.3 is 10.1 Å². The fraction of sp³-hybridized carbons (Fsp3) is 0.562. The van der Waals surface area contributed by atoms with Gasteiger partial charge in [0.05, 0.1) is 12.7 Å². The van der Waals surface area contributed by atoms with Crippen LogP contribution in [0.1, 0.15) is 41.6 Å². The molecule has 1 aromatic rings. The molecule has 0 aromatic heterocycles. The van der Waals surface area contributed by atoms with Crippen LogP contribution >= 0.6 is 0 Å². The second-order valence-corrected chi connectivity index (χ2v) is 6.08. The van der Waals surface area contributed by atoms with Crippen molar-refractivity contribution < 1.29 is 22.7 Å². The molecular formula is C16H18F3NO2. The van der Waals surface area contributed by atoms with E-state index in [9.17, 15) is 18.0 Å². The molecule has 2 saturated heterocycles. The van der Waals surface area contributed by atoms with Crippen LogP contribution in [0.15, 0.2) is 18.2 Å². The third kappa shape index (κ3) is 2.84. The molecule has 1 N–H and O–H groups in total. The number of Topliss-reactive ketones (excluding diaryl/α,β-unsaturated/α-hetero) is 1. The largest absolute Gasteiger partial charge is 0.496 e. The zero-order valence-corrected chi connectivity index (χ0v) is 12.2. The van der Waals surface area contributed by atoms with Crippen molar-refractivity contribution in [3.05, 3.63) is 29.3 Å². The van der Waals surface area contributed by atoms with Crippen LogP contribution in [0.5, 0.6) is 5.75 Å². The number of hydrogen-bond donors (Lipinski definition) is 1. The minimum Gasteiger partial charge on any atom is -0.496 e. The molecule has 0 spiro atoms. The van der Waals surface area contributed by atoms with Crippen molar-refractivity contribution in [2.45, 2.75) is 43.9 Å². The second kappa shape index (κ2) is 5.57. The number of ether oxygens (including phenoxy) is 1. The van der Waals surface area contributed by atoms with Crippen LogP contribution in [0.25, 0.3) is 0 Å². The fourth-order valence-corrected chi connectivity index (χ4v) is 3.59. The van der Waals surface area contributed by atoms with Gasteiger partial charge in [0.15, 0.2) is 5.78 Å². The molecule has 6 heteroatoms.